The molecule has 2 rings (SSSR count). The molecule has 118 valence electrons. The highest BCUT2D eigenvalue weighted by Gasteiger charge is 2.11. The molecular formula is C17H16N2O3S. The second-order valence-corrected chi connectivity index (χ2v) is 5.55. The fourth-order valence-corrected chi connectivity index (χ4v) is 2.58. The average Bonchev–Trinajstić information content (AvgIpc) is 2.59. The Bertz CT molecular complexity index is 741. The third-order valence-electron chi connectivity index (χ3n) is 3.04. The molecule has 2 aromatic rings. The summed E-state index contributed by atoms with van der Waals surface area (Å²) >= 11 is 1.42. The van der Waals surface area contributed by atoms with Crippen LogP contribution in [0.1, 0.15) is 10.4 Å². The Hall–Kier alpha value is -2.65. The first-order chi connectivity index (χ1) is 11.2. The molecule has 5 nitrogen and oxygen atoms in total. The monoisotopic (exact) mass is 328 g/mol. The zero-order valence-electron chi connectivity index (χ0n) is 12.8. The first kappa shape index (κ1) is 16.7. The molecule has 0 aliphatic heterocycles. The Morgan fingerprint density at radius 3 is 2.65 bits per heavy atom. The molecule has 0 fully saturated rings. The number of hydrogen-bond acceptors (Lipinski definition) is 5. The second kappa shape index (κ2) is 8.11. The summed E-state index contributed by atoms with van der Waals surface area (Å²) < 4.78 is 10.4. The van der Waals surface area contributed by atoms with Crippen molar-refractivity contribution in [1.29, 1.82) is 5.26 Å². The van der Waals surface area contributed by atoms with Crippen molar-refractivity contribution in [3.63, 3.8) is 0 Å². The lowest BCUT2D eigenvalue weighted by Gasteiger charge is -2.10. The lowest BCUT2D eigenvalue weighted by molar-refractivity contribution is 0.102. The molecule has 1 N–H and O–H groups in total. The van der Waals surface area contributed by atoms with Gasteiger partial charge in [0.15, 0.2) is 11.5 Å². The molecule has 1 amide bonds. The quantitative estimate of drug-likeness (QED) is 0.821. The van der Waals surface area contributed by atoms with Crippen molar-refractivity contribution >= 4 is 23.4 Å². The van der Waals surface area contributed by atoms with E-state index in [9.17, 15) is 4.79 Å². The van der Waals surface area contributed by atoms with Crippen molar-refractivity contribution in [2.24, 2.45) is 0 Å². The Labute approximate surface area is 139 Å². The summed E-state index contributed by atoms with van der Waals surface area (Å²) in [4.78, 5) is 13.3. The maximum absolute atomic E-state index is 12.3. The minimum Gasteiger partial charge on any atom is -0.493 e. The Morgan fingerprint density at radius 2 is 1.96 bits per heavy atom. The molecule has 0 heterocycles. The number of benzene rings is 2. The second-order valence-electron chi connectivity index (χ2n) is 4.50. The average molecular weight is 328 g/mol. The lowest BCUT2D eigenvalue weighted by Crippen LogP contribution is -2.12. The summed E-state index contributed by atoms with van der Waals surface area (Å²) in [6, 6.07) is 14.4. The van der Waals surface area contributed by atoms with Crippen LogP contribution in [0.5, 0.6) is 11.5 Å². The summed E-state index contributed by atoms with van der Waals surface area (Å²) in [5, 5.41) is 11.5. The summed E-state index contributed by atoms with van der Waals surface area (Å²) in [7, 11) is 3.07. The van der Waals surface area contributed by atoms with Crippen LogP contribution < -0.4 is 14.8 Å². The van der Waals surface area contributed by atoms with E-state index in [0.717, 1.165) is 4.90 Å². The van der Waals surface area contributed by atoms with Crippen LogP contribution in [0.3, 0.4) is 0 Å². The highest BCUT2D eigenvalue weighted by atomic mass is 32.2. The van der Waals surface area contributed by atoms with E-state index in [0.29, 0.717) is 28.5 Å². The molecule has 0 saturated heterocycles. The van der Waals surface area contributed by atoms with Crippen molar-refractivity contribution in [1.82, 2.24) is 0 Å². The Balaban J connectivity index is 2.14. The number of carbonyl (C=O) groups is 1. The molecule has 0 radical (unpaired) electrons. The number of methoxy groups -OCH3 is 2. The van der Waals surface area contributed by atoms with Gasteiger partial charge in [-0.3, -0.25) is 4.79 Å². The molecule has 0 atom stereocenters. The number of hydrogen-bond donors (Lipinski definition) is 1. The normalized spacial score (nSPS) is 9.78. The van der Waals surface area contributed by atoms with E-state index in [1.807, 2.05) is 18.2 Å². The molecule has 23 heavy (non-hydrogen) atoms. The zero-order valence-corrected chi connectivity index (χ0v) is 13.6. The number of ether oxygens (including phenoxy) is 2. The van der Waals surface area contributed by atoms with Gasteiger partial charge in [0.05, 0.1) is 26.0 Å². The van der Waals surface area contributed by atoms with Crippen LogP contribution in [-0.2, 0) is 0 Å². The maximum atomic E-state index is 12.3. The van der Waals surface area contributed by atoms with Gasteiger partial charge in [0.1, 0.15) is 0 Å². The third kappa shape index (κ3) is 4.41. The molecular weight excluding hydrogens is 312 g/mol. The van der Waals surface area contributed by atoms with E-state index in [1.54, 1.807) is 31.4 Å². The van der Waals surface area contributed by atoms with Crippen LogP contribution in [0.4, 0.5) is 5.69 Å². The first-order valence-corrected chi connectivity index (χ1v) is 7.79. The van der Waals surface area contributed by atoms with Crippen molar-refractivity contribution in [3.05, 3.63) is 48.0 Å². The van der Waals surface area contributed by atoms with Crippen LogP contribution in [-0.4, -0.2) is 25.9 Å². The molecule has 0 unspecified atom stereocenters. The van der Waals surface area contributed by atoms with E-state index in [1.165, 1.54) is 18.9 Å². The van der Waals surface area contributed by atoms with Gasteiger partial charge < -0.3 is 14.8 Å². The number of amides is 1. The Morgan fingerprint density at radius 1 is 1.17 bits per heavy atom. The molecule has 0 bridgehead atoms. The van der Waals surface area contributed by atoms with Gasteiger partial charge in [-0.25, -0.2) is 0 Å². The van der Waals surface area contributed by atoms with E-state index in [4.69, 9.17) is 14.7 Å². The molecule has 6 heteroatoms. The SMILES string of the molecule is COc1ccc(C(=O)Nc2cccc(SCC#N)c2)cc1OC. The summed E-state index contributed by atoms with van der Waals surface area (Å²) in [5.41, 5.74) is 1.14. The zero-order chi connectivity index (χ0) is 16.7. The lowest BCUT2D eigenvalue weighted by atomic mass is 10.2. The number of thioether (sulfide) groups is 1. The topological polar surface area (TPSA) is 71.3 Å². The number of rotatable bonds is 6. The minimum atomic E-state index is -0.242. The van der Waals surface area contributed by atoms with Crippen molar-refractivity contribution < 1.29 is 14.3 Å². The Kier molecular flexibility index (Phi) is 5.89. The van der Waals surface area contributed by atoms with E-state index in [2.05, 4.69) is 11.4 Å². The van der Waals surface area contributed by atoms with Crippen molar-refractivity contribution in [2.75, 3.05) is 25.3 Å². The van der Waals surface area contributed by atoms with E-state index >= 15 is 0 Å². The van der Waals surface area contributed by atoms with Gasteiger partial charge in [0.25, 0.3) is 5.91 Å². The van der Waals surface area contributed by atoms with Crippen LogP contribution >= 0.6 is 11.8 Å². The number of nitriles is 1. The molecule has 0 aliphatic carbocycles. The molecule has 0 aliphatic rings. The van der Waals surface area contributed by atoms with Gasteiger partial charge in [0.2, 0.25) is 0 Å². The largest absolute Gasteiger partial charge is 0.493 e. The summed E-state index contributed by atoms with van der Waals surface area (Å²) in [6.07, 6.45) is 0. The number of anilines is 1. The fraction of sp³-hybridized carbons (Fsp3) is 0.176. The molecule has 0 aromatic heterocycles. The van der Waals surface area contributed by atoms with Gasteiger partial charge in [-0.15, -0.1) is 11.8 Å². The van der Waals surface area contributed by atoms with Gasteiger partial charge >= 0.3 is 0 Å². The van der Waals surface area contributed by atoms with Crippen molar-refractivity contribution in [2.45, 2.75) is 4.90 Å². The summed E-state index contributed by atoms with van der Waals surface area (Å²) in [5.74, 6) is 1.19. The van der Waals surface area contributed by atoms with Crippen LogP contribution in [0.2, 0.25) is 0 Å². The van der Waals surface area contributed by atoms with E-state index < -0.39 is 0 Å². The third-order valence-corrected chi connectivity index (χ3v) is 3.90. The predicted molar refractivity (Wildman–Crippen MR) is 90.3 cm³/mol. The van der Waals surface area contributed by atoms with Crippen LogP contribution in [0, 0.1) is 11.3 Å². The minimum absolute atomic E-state index is 0.242. The van der Waals surface area contributed by atoms with Crippen molar-refractivity contribution in [3.8, 4) is 17.6 Å². The molecule has 0 spiro atoms. The van der Waals surface area contributed by atoms with Crippen LogP contribution in [0.25, 0.3) is 0 Å². The fourth-order valence-electron chi connectivity index (χ4n) is 1.96. The standard InChI is InChI=1S/C17H16N2O3S/c1-21-15-7-6-12(10-16(15)22-2)17(20)19-13-4-3-5-14(11-13)23-9-8-18/h3-7,10-11H,9H2,1-2H3,(H,19,20). The molecule has 0 saturated carbocycles. The number of nitrogens with zero attached hydrogens (tertiary/aromatic N) is 1. The maximum Gasteiger partial charge on any atom is 0.255 e. The smallest absolute Gasteiger partial charge is 0.255 e. The summed E-state index contributed by atoms with van der Waals surface area (Å²) in [6.45, 7) is 0. The van der Waals surface area contributed by atoms with Gasteiger partial charge in [-0.05, 0) is 36.4 Å². The highest BCUT2D eigenvalue weighted by Crippen LogP contribution is 2.28. The van der Waals surface area contributed by atoms with Crippen LogP contribution in [0.15, 0.2) is 47.4 Å². The van der Waals surface area contributed by atoms with Gasteiger partial charge in [-0.2, -0.15) is 5.26 Å². The number of carbonyl (C=O) groups excluding carboxylic acids is 1. The van der Waals surface area contributed by atoms with Gasteiger partial charge in [0, 0.05) is 16.1 Å². The van der Waals surface area contributed by atoms with E-state index in [-0.39, 0.29) is 5.91 Å². The first-order valence-electron chi connectivity index (χ1n) is 6.81. The van der Waals surface area contributed by atoms with Gasteiger partial charge in [-0.1, -0.05) is 6.07 Å². The predicted octanol–water partition coefficient (Wildman–Crippen LogP) is 3.57. The highest BCUT2D eigenvalue weighted by molar-refractivity contribution is 7.99. The molecule has 2 aromatic carbocycles. The number of nitrogens with one attached hydrogen (secondary N) is 1.